The first-order chi connectivity index (χ1) is 9.13. The summed E-state index contributed by atoms with van der Waals surface area (Å²) < 4.78 is 0. The van der Waals surface area contributed by atoms with Crippen LogP contribution in [-0.2, 0) is 0 Å². The molecule has 1 aliphatic carbocycles. The van der Waals surface area contributed by atoms with Gasteiger partial charge >= 0.3 is 5.69 Å². The molecule has 1 aliphatic rings. The minimum absolute atomic E-state index is 0.0849. The maximum atomic E-state index is 11.3. The quantitative estimate of drug-likeness (QED) is 0.770. The normalized spacial score (nSPS) is 19.1. The van der Waals surface area contributed by atoms with E-state index in [9.17, 15) is 9.59 Å². The van der Waals surface area contributed by atoms with Crippen LogP contribution in [0, 0.1) is 0 Å². The summed E-state index contributed by atoms with van der Waals surface area (Å²) in [6, 6.07) is 1.43. The second kappa shape index (κ2) is 5.56. The van der Waals surface area contributed by atoms with Crippen LogP contribution in [0.4, 0.5) is 5.82 Å². The highest BCUT2D eigenvalue weighted by Crippen LogP contribution is 2.29. The van der Waals surface area contributed by atoms with Crippen LogP contribution in [0.3, 0.4) is 0 Å². The predicted octanol–water partition coefficient (Wildman–Crippen LogP) is 1.70. The van der Waals surface area contributed by atoms with Gasteiger partial charge < -0.3 is 5.32 Å². The molecule has 0 radical (unpaired) electrons. The number of aromatic nitrogens is 2. The molecule has 0 aliphatic heterocycles. The molecule has 3 N–H and O–H groups in total. The molecule has 0 saturated heterocycles. The lowest BCUT2D eigenvalue weighted by Crippen LogP contribution is -2.26. The van der Waals surface area contributed by atoms with E-state index in [0.29, 0.717) is 5.82 Å². The molecule has 1 unspecified atom stereocenters. The van der Waals surface area contributed by atoms with Crippen molar-refractivity contribution in [2.75, 3.05) is 5.32 Å². The van der Waals surface area contributed by atoms with Crippen LogP contribution in [0.5, 0.6) is 0 Å². The van der Waals surface area contributed by atoms with Gasteiger partial charge in [-0.25, -0.2) is 4.79 Å². The zero-order chi connectivity index (χ0) is 13.8. The Balaban J connectivity index is 2.28. The summed E-state index contributed by atoms with van der Waals surface area (Å²) in [6.45, 7) is 5.77. The highest BCUT2D eigenvalue weighted by atomic mass is 16.2. The second-order valence-electron chi connectivity index (χ2n) is 4.42. The van der Waals surface area contributed by atoms with Gasteiger partial charge in [-0.3, -0.25) is 14.8 Å². The Hall–Kier alpha value is -2.30. The Morgan fingerprint density at radius 1 is 1.42 bits per heavy atom. The molecule has 0 spiro atoms. The Bertz CT molecular complexity index is 621. The molecule has 1 heterocycles. The van der Waals surface area contributed by atoms with Crippen molar-refractivity contribution < 1.29 is 0 Å². The summed E-state index contributed by atoms with van der Waals surface area (Å²) in [7, 11) is 0. The lowest BCUT2D eigenvalue weighted by Gasteiger charge is -2.15. The Kier molecular flexibility index (Phi) is 3.85. The fraction of sp³-hybridized carbons (Fsp3) is 0.286. The van der Waals surface area contributed by atoms with Crippen molar-refractivity contribution in [1.29, 1.82) is 0 Å². The van der Waals surface area contributed by atoms with Gasteiger partial charge in [0.1, 0.15) is 5.82 Å². The average Bonchev–Trinajstić information content (AvgIpc) is 2.71. The first-order valence-electron chi connectivity index (χ1n) is 6.22. The van der Waals surface area contributed by atoms with E-state index in [0.717, 1.165) is 18.4 Å². The molecule has 1 atom stereocenters. The summed E-state index contributed by atoms with van der Waals surface area (Å²) in [5.74, 6) is 0.436. The summed E-state index contributed by atoms with van der Waals surface area (Å²) >= 11 is 0. The zero-order valence-electron chi connectivity index (χ0n) is 10.8. The van der Waals surface area contributed by atoms with Gasteiger partial charge in [0.2, 0.25) is 0 Å². The number of anilines is 1. The first kappa shape index (κ1) is 13.1. The minimum atomic E-state index is -0.506. The summed E-state index contributed by atoms with van der Waals surface area (Å²) in [5.41, 5.74) is 1.43. The molecule has 0 bridgehead atoms. The van der Waals surface area contributed by atoms with E-state index in [1.807, 2.05) is 25.2 Å². The van der Waals surface area contributed by atoms with Gasteiger partial charge in [0.05, 0.1) is 6.04 Å². The highest BCUT2D eigenvalue weighted by Gasteiger charge is 2.22. The van der Waals surface area contributed by atoms with Crippen molar-refractivity contribution >= 4 is 5.82 Å². The van der Waals surface area contributed by atoms with Gasteiger partial charge in [-0.1, -0.05) is 24.8 Å². The number of nitrogens with one attached hydrogen (secondary N) is 3. The maximum Gasteiger partial charge on any atom is 0.327 e. The molecule has 0 amide bonds. The Labute approximate surface area is 110 Å². The minimum Gasteiger partial charge on any atom is -0.365 e. The molecule has 19 heavy (non-hydrogen) atoms. The third-order valence-corrected chi connectivity index (χ3v) is 3.13. The van der Waals surface area contributed by atoms with E-state index < -0.39 is 11.2 Å². The van der Waals surface area contributed by atoms with Gasteiger partial charge in [-0.15, -0.1) is 0 Å². The number of hydrogen-bond acceptors (Lipinski definition) is 3. The van der Waals surface area contributed by atoms with Crippen LogP contribution < -0.4 is 16.6 Å². The SMILES string of the molecule is C=CC1=C(/C=C\C)C(Nc2cc(=O)[nH]c(=O)[nH]2)CC1. The monoisotopic (exact) mass is 259 g/mol. The topological polar surface area (TPSA) is 77.8 Å². The third kappa shape index (κ3) is 2.93. The molecular formula is C14H17N3O2. The fourth-order valence-corrected chi connectivity index (χ4v) is 2.33. The van der Waals surface area contributed by atoms with Crippen molar-refractivity contribution in [3.63, 3.8) is 0 Å². The van der Waals surface area contributed by atoms with Gasteiger partial charge in [0.15, 0.2) is 0 Å². The number of hydrogen-bond donors (Lipinski definition) is 3. The lowest BCUT2D eigenvalue weighted by atomic mass is 10.1. The molecule has 1 aromatic heterocycles. The maximum absolute atomic E-state index is 11.3. The number of rotatable bonds is 4. The van der Waals surface area contributed by atoms with E-state index in [1.165, 1.54) is 11.6 Å². The molecule has 1 aromatic rings. The van der Waals surface area contributed by atoms with Crippen LogP contribution in [-0.4, -0.2) is 16.0 Å². The van der Waals surface area contributed by atoms with Crippen LogP contribution in [0.1, 0.15) is 19.8 Å². The largest absolute Gasteiger partial charge is 0.365 e. The van der Waals surface area contributed by atoms with E-state index in [2.05, 4.69) is 21.9 Å². The van der Waals surface area contributed by atoms with Crippen molar-refractivity contribution in [1.82, 2.24) is 9.97 Å². The third-order valence-electron chi connectivity index (χ3n) is 3.13. The van der Waals surface area contributed by atoms with Crippen molar-refractivity contribution in [3.8, 4) is 0 Å². The number of allylic oxidation sites excluding steroid dienone is 3. The molecule has 2 rings (SSSR count). The fourth-order valence-electron chi connectivity index (χ4n) is 2.33. The van der Waals surface area contributed by atoms with Crippen molar-refractivity contribution in [2.24, 2.45) is 0 Å². The molecule has 0 fully saturated rings. The first-order valence-corrected chi connectivity index (χ1v) is 6.22. The van der Waals surface area contributed by atoms with Crippen molar-refractivity contribution in [3.05, 3.63) is 62.9 Å². The smallest absolute Gasteiger partial charge is 0.327 e. The summed E-state index contributed by atoms with van der Waals surface area (Å²) in [5, 5.41) is 3.19. The number of aromatic amines is 2. The lowest BCUT2D eigenvalue weighted by molar-refractivity contribution is 0.797. The highest BCUT2D eigenvalue weighted by molar-refractivity contribution is 5.47. The summed E-state index contributed by atoms with van der Waals surface area (Å²) in [6.07, 6.45) is 7.72. The van der Waals surface area contributed by atoms with Gasteiger partial charge in [-0.05, 0) is 30.9 Å². The van der Waals surface area contributed by atoms with Crippen LogP contribution in [0.2, 0.25) is 0 Å². The second-order valence-corrected chi connectivity index (χ2v) is 4.42. The van der Waals surface area contributed by atoms with E-state index in [1.54, 1.807) is 0 Å². The predicted molar refractivity (Wildman–Crippen MR) is 76.4 cm³/mol. The van der Waals surface area contributed by atoms with Crippen LogP contribution >= 0.6 is 0 Å². The van der Waals surface area contributed by atoms with Crippen LogP contribution in [0.15, 0.2) is 51.6 Å². The van der Waals surface area contributed by atoms with Crippen LogP contribution in [0.25, 0.3) is 0 Å². The molecule has 0 saturated carbocycles. The summed E-state index contributed by atoms with van der Waals surface area (Å²) in [4.78, 5) is 27.2. The van der Waals surface area contributed by atoms with E-state index in [4.69, 9.17) is 0 Å². The molecule has 5 nitrogen and oxygen atoms in total. The van der Waals surface area contributed by atoms with Gasteiger partial charge in [0.25, 0.3) is 5.56 Å². The van der Waals surface area contributed by atoms with Gasteiger partial charge in [0, 0.05) is 6.07 Å². The Morgan fingerprint density at radius 3 is 2.84 bits per heavy atom. The molecule has 0 aromatic carbocycles. The molecule has 5 heteroatoms. The average molecular weight is 259 g/mol. The number of H-pyrrole nitrogens is 2. The van der Waals surface area contributed by atoms with E-state index >= 15 is 0 Å². The molecule has 100 valence electrons. The zero-order valence-corrected chi connectivity index (χ0v) is 10.8. The van der Waals surface area contributed by atoms with Crippen molar-refractivity contribution in [2.45, 2.75) is 25.8 Å². The van der Waals surface area contributed by atoms with E-state index in [-0.39, 0.29) is 6.04 Å². The van der Waals surface area contributed by atoms with Gasteiger partial charge in [-0.2, -0.15) is 0 Å². The Morgan fingerprint density at radius 2 is 2.21 bits per heavy atom. The standard InChI is InChI=1S/C14H17N3O2/c1-3-5-10-9(4-2)6-7-11(10)15-12-8-13(18)17-14(19)16-12/h3-5,8,11H,2,6-7H2,1H3,(H3,15,16,17,18,19)/b5-3-. The molecular weight excluding hydrogens is 242 g/mol.